The smallest absolute Gasteiger partial charge is 0.251 e. The number of aliphatic hydroxyl groups excluding tert-OH is 1. The van der Waals surface area contributed by atoms with Gasteiger partial charge in [0.1, 0.15) is 11.9 Å². The van der Waals surface area contributed by atoms with Crippen LogP contribution in [0.2, 0.25) is 10.0 Å². The van der Waals surface area contributed by atoms with Gasteiger partial charge in [-0.25, -0.2) is 0 Å². The van der Waals surface area contributed by atoms with Gasteiger partial charge in [0.2, 0.25) is 0 Å². The molecule has 4 rings (SSSR count). The number of fused-ring (bicyclic) bond motifs is 1. The minimum Gasteiger partial charge on any atom is -0.490 e. The number of hydrogen-bond donors (Lipinski definition) is 2. The molecule has 1 amide bonds. The summed E-state index contributed by atoms with van der Waals surface area (Å²) in [6.45, 7) is 2.28. The highest BCUT2D eigenvalue weighted by Gasteiger charge is 2.22. The molecule has 0 radical (unpaired) electrons. The molecular formula is C23H24Cl2N4O3. The Bertz CT molecular complexity index is 1090. The summed E-state index contributed by atoms with van der Waals surface area (Å²) in [6.07, 6.45) is 4.32. The van der Waals surface area contributed by atoms with Crippen LogP contribution in [0.3, 0.4) is 0 Å². The van der Waals surface area contributed by atoms with Crippen LogP contribution in [-0.4, -0.2) is 64.3 Å². The molecule has 1 aliphatic rings. The second-order valence-corrected chi connectivity index (χ2v) is 8.63. The van der Waals surface area contributed by atoms with E-state index in [4.69, 9.17) is 27.9 Å². The molecule has 2 aromatic carbocycles. The first-order valence-corrected chi connectivity index (χ1v) is 11.2. The van der Waals surface area contributed by atoms with E-state index in [-0.39, 0.29) is 18.6 Å². The van der Waals surface area contributed by atoms with Gasteiger partial charge in [0.15, 0.2) is 0 Å². The molecule has 1 saturated heterocycles. The number of benzene rings is 2. The molecule has 3 aromatic rings. The van der Waals surface area contributed by atoms with E-state index in [0.717, 1.165) is 31.4 Å². The van der Waals surface area contributed by atoms with Gasteiger partial charge >= 0.3 is 0 Å². The molecule has 32 heavy (non-hydrogen) atoms. The Balaban J connectivity index is 1.20. The van der Waals surface area contributed by atoms with E-state index >= 15 is 0 Å². The second kappa shape index (κ2) is 10.4. The highest BCUT2D eigenvalue weighted by atomic mass is 35.5. The Kier molecular flexibility index (Phi) is 7.42. The lowest BCUT2D eigenvalue weighted by Crippen LogP contribution is -2.45. The number of ether oxygens (including phenoxy) is 1. The molecule has 9 heteroatoms. The lowest BCUT2D eigenvalue weighted by molar-refractivity contribution is 0.0594. The van der Waals surface area contributed by atoms with E-state index in [9.17, 15) is 9.90 Å². The topological polar surface area (TPSA) is 87.6 Å². The monoisotopic (exact) mass is 474 g/mol. The van der Waals surface area contributed by atoms with Crippen LogP contribution in [0.25, 0.3) is 11.0 Å². The fraction of sp³-hybridized carbons (Fsp3) is 0.348. The maximum atomic E-state index is 12.4. The predicted molar refractivity (Wildman–Crippen MR) is 124 cm³/mol. The van der Waals surface area contributed by atoms with Gasteiger partial charge in [0.25, 0.3) is 5.91 Å². The SMILES string of the molecule is O=C(NC[C@@H](O)CN1CCC(Oc2ccc(Cl)c(Cl)c2)CC1)c1ccc2nccnc2c1. The lowest BCUT2D eigenvalue weighted by atomic mass is 10.1. The third kappa shape index (κ3) is 5.86. The van der Waals surface area contributed by atoms with Crippen molar-refractivity contribution in [3.63, 3.8) is 0 Å². The number of hydrogen-bond acceptors (Lipinski definition) is 6. The van der Waals surface area contributed by atoms with Gasteiger partial charge in [-0.15, -0.1) is 0 Å². The third-order valence-electron chi connectivity index (χ3n) is 5.43. The van der Waals surface area contributed by atoms with Gasteiger partial charge < -0.3 is 20.1 Å². The van der Waals surface area contributed by atoms with E-state index < -0.39 is 6.10 Å². The molecule has 0 unspecified atom stereocenters. The van der Waals surface area contributed by atoms with E-state index in [0.29, 0.717) is 33.4 Å². The molecule has 2 N–H and O–H groups in total. The zero-order valence-electron chi connectivity index (χ0n) is 17.4. The van der Waals surface area contributed by atoms with E-state index in [1.54, 1.807) is 42.7 Å². The number of likely N-dealkylation sites (tertiary alicyclic amines) is 1. The first kappa shape index (κ1) is 22.7. The molecule has 0 aliphatic carbocycles. The number of aliphatic hydroxyl groups is 1. The molecule has 1 aliphatic heterocycles. The average molecular weight is 475 g/mol. The van der Waals surface area contributed by atoms with Gasteiger partial charge in [0.05, 0.1) is 27.2 Å². The number of rotatable bonds is 7. The fourth-order valence-electron chi connectivity index (χ4n) is 3.73. The van der Waals surface area contributed by atoms with Crippen molar-refractivity contribution < 1.29 is 14.6 Å². The fourth-order valence-corrected chi connectivity index (χ4v) is 4.02. The second-order valence-electron chi connectivity index (χ2n) is 7.82. The van der Waals surface area contributed by atoms with Crippen molar-refractivity contribution in [2.24, 2.45) is 0 Å². The summed E-state index contributed by atoms with van der Waals surface area (Å²) in [5.41, 5.74) is 1.88. The maximum absolute atomic E-state index is 12.4. The number of carbonyl (C=O) groups is 1. The molecule has 7 nitrogen and oxygen atoms in total. The van der Waals surface area contributed by atoms with Crippen LogP contribution in [0.4, 0.5) is 0 Å². The Hall–Kier alpha value is -2.45. The van der Waals surface area contributed by atoms with Gasteiger partial charge in [-0.3, -0.25) is 14.8 Å². The van der Waals surface area contributed by atoms with Crippen molar-refractivity contribution in [2.45, 2.75) is 25.0 Å². The van der Waals surface area contributed by atoms with Gasteiger partial charge in [-0.2, -0.15) is 0 Å². The minimum atomic E-state index is -0.660. The average Bonchev–Trinajstić information content (AvgIpc) is 2.81. The number of aromatic nitrogens is 2. The van der Waals surface area contributed by atoms with Crippen LogP contribution in [0.5, 0.6) is 5.75 Å². The summed E-state index contributed by atoms with van der Waals surface area (Å²) in [4.78, 5) is 23.0. The van der Waals surface area contributed by atoms with Crippen molar-refractivity contribution in [1.29, 1.82) is 0 Å². The summed E-state index contributed by atoms with van der Waals surface area (Å²) < 4.78 is 6.00. The zero-order chi connectivity index (χ0) is 22.5. The van der Waals surface area contributed by atoms with Crippen molar-refractivity contribution in [3.05, 3.63) is 64.4 Å². The molecule has 0 bridgehead atoms. The quantitative estimate of drug-likeness (QED) is 0.544. The van der Waals surface area contributed by atoms with E-state index in [2.05, 4.69) is 20.2 Å². The molecule has 0 spiro atoms. The number of halogens is 2. The minimum absolute atomic E-state index is 0.0938. The number of nitrogens with one attached hydrogen (secondary N) is 1. The van der Waals surface area contributed by atoms with E-state index in [1.165, 1.54) is 0 Å². The van der Waals surface area contributed by atoms with Crippen molar-refractivity contribution in [1.82, 2.24) is 20.2 Å². The summed E-state index contributed by atoms with van der Waals surface area (Å²) in [5, 5.41) is 14.2. The number of nitrogens with zero attached hydrogens (tertiary/aromatic N) is 3. The predicted octanol–water partition coefficient (Wildman–Crippen LogP) is 3.57. The Morgan fingerprint density at radius 1 is 1.09 bits per heavy atom. The molecule has 1 aromatic heterocycles. The van der Waals surface area contributed by atoms with Crippen LogP contribution < -0.4 is 10.1 Å². The molecule has 2 heterocycles. The Morgan fingerprint density at radius 2 is 1.84 bits per heavy atom. The van der Waals surface area contributed by atoms with Gasteiger partial charge in [0, 0.05) is 50.2 Å². The number of piperidine rings is 1. The van der Waals surface area contributed by atoms with Crippen LogP contribution in [-0.2, 0) is 0 Å². The highest BCUT2D eigenvalue weighted by Crippen LogP contribution is 2.28. The molecular weight excluding hydrogens is 451 g/mol. The van der Waals surface area contributed by atoms with Gasteiger partial charge in [-0.05, 0) is 43.2 Å². The third-order valence-corrected chi connectivity index (χ3v) is 6.17. The first-order valence-electron chi connectivity index (χ1n) is 10.5. The maximum Gasteiger partial charge on any atom is 0.251 e. The molecule has 1 fully saturated rings. The first-order chi connectivity index (χ1) is 15.5. The summed E-state index contributed by atoms with van der Waals surface area (Å²) >= 11 is 12.0. The summed E-state index contributed by atoms with van der Waals surface area (Å²) in [5.74, 6) is 0.464. The molecule has 168 valence electrons. The zero-order valence-corrected chi connectivity index (χ0v) is 18.9. The van der Waals surface area contributed by atoms with Crippen molar-refractivity contribution >= 4 is 40.1 Å². The lowest BCUT2D eigenvalue weighted by Gasteiger charge is -2.33. The number of amides is 1. The number of β-amino-alcohol motifs (C(OH)–C–C–N with tert-alkyl or cyclic N) is 1. The van der Waals surface area contributed by atoms with Crippen LogP contribution in [0.1, 0.15) is 23.2 Å². The standard InChI is InChI=1S/C23H24Cl2N4O3/c24-19-3-2-18(12-20(19)25)32-17-5-9-29(10-6-17)14-16(30)13-28-23(31)15-1-4-21-22(11-15)27-8-7-26-21/h1-4,7-8,11-12,16-17,30H,5-6,9-10,13-14H2,(H,28,31)/t16-/m1/s1. The van der Waals surface area contributed by atoms with Crippen LogP contribution >= 0.6 is 23.2 Å². The van der Waals surface area contributed by atoms with Gasteiger partial charge in [-0.1, -0.05) is 23.2 Å². The van der Waals surface area contributed by atoms with Crippen molar-refractivity contribution in [2.75, 3.05) is 26.2 Å². The van der Waals surface area contributed by atoms with Crippen LogP contribution in [0, 0.1) is 0 Å². The normalized spacial score (nSPS) is 16.1. The summed E-state index contributed by atoms with van der Waals surface area (Å²) in [7, 11) is 0. The van der Waals surface area contributed by atoms with Crippen molar-refractivity contribution in [3.8, 4) is 5.75 Å². The molecule has 1 atom stereocenters. The largest absolute Gasteiger partial charge is 0.490 e. The van der Waals surface area contributed by atoms with E-state index in [1.807, 2.05) is 6.07 Å². The Morgan fingerprint density at radius 3 is 2.59 bits per heavy atom. The van der Waals surface area contributed by atoms with Crippen LogP contribution in [0.15, 0.2) is 48.8 Å². The Labute approximate surface area is 196 Å². The summed E-state index contributed by atoms with van der Waals surface area (Å²) in [6, 6.07) is 10.4. The number of carbonyl (C=O) groups excluding carboxylic acids is 1. The highest BCUT2D eigenvalue weighted by molar-refractivity contribution is 6.42. The molecule has 0 saturated carbocycles.